The molecule has 0 aromatic carbocycles. The number of carbonyl (C=O) groups excluding carboxylic acids is 4. The fourth-order valence-electron chi connectivity index (χ4n) is 3.10. The van der Waals surface area contributed by atoms with Gasteiger partial charge in [0.25, 0.3) is 11.8 Å². The summed E-state index contributed by atoms with van der Waals surface area (Å²) in [6, 6.07) is -0.388. The fourth-order valence-corrected chi connectivity index (χ4v) is 3.10. The number of nitrogens with one attached hydrogen (secondary N) is 2. The molecule has 0 aromatic rings. The molecule has 8 heteroatoms. The Kier molecular flexibility index (Phi) is 3.99. The van der Waals surface area contributed by atoms with Crippen LogP contribution in [0.4, 0.5) is 4.79 Å². The summed E-state index contributed by atoms with van der Waals surface area (Å²) in [5.74, 6) is -1.49. The second kappa shape index (κ2) is 5.82. The van der Waals surface area contributed by atoms with Crippen molar-refractivity contribution in [1.29, 1.82) is 0 Å². The predicted octanol–water partition coefficient (Wildman–Crippen LogP) is 0.0613. The summed E-state index contributed by atoms with van der Waals surface area (Å²) in [7, 11) is 0. The number of amides is 4. The van der Waals surface area contributed by atoms with Gasteiger partial charge in [0.1, 0.15) is 12.1 Å². The minimum Gasteiger partial charge on any atom is -0.451 e. The number of urea groups is 1. The lowest BCUT2D eigenvalue weighted by atomic mass is 9.98. The Morgan fingerprint density at radius 1 is 1.35 bits per heavy atom. The normalized spacial score (nSPS) is 23.8. The van der Waals surface area contributed by atoms with Crippen molar-refractivity contribution < 1.29 is 23.9 Å². The van der Waals surface area contributed by atoms with Crippen LogP contribution in [0.2, 0.25) is 0 Å². The Morgan fingerprint density at radius 2 is 2.00 bits per heavy atom. The molecule has 0 bridgehead atoms. The van der Waals surface area contributed by atoms with Gasteiger partial charge in [0.2, 0.25) is 0 Å². The minimum absolute atomic E-state index is 0.178. The molecular formula is C15H21N3O5. The van der Waals surface area contributed by atoms with E-state index in [0.717, 1.165) is 30.6 Å². The maximum atomic E-state index is 12.4. The highest BCUT2D eigenvalue weighted by Gasteiger charge is 2.52. The van der Waals surface area contributed by atoms with Crippen molar-refractivity contribution >= 4 is 23.8 Å². The highest BCUT2D eigenvalue weighted by molar-refractivity contribution is 6.08. The van der Waals surface area contributed by atoms with E-state index in [1.807, 2.05) is 0 Å². The Balaban J connectivity index is 1.53. The highest BCUT2D eigenvalue weighted by atomic mass is 16.5. The summed E-state index contributed by atoms with van der Waals surface area (Å²) in [6.45, 7) is 1.01. The Morgan fingerprint density at radius 3 is 2.61 bits per heavy atom. The molecule has 1 heterocycles. The number of esters is 1. The van der Waals surface area contributed by atoms with E-state index in [0.29, 0.717) is 12.8 Å². The van der Waals surface area contributed by atoms with Crippen molar-refractivity contribution in [3.8, 4) is 0 Å². The first-order chi connectivity index (χ1) is 10.9. The Bertz CT molecular complexity index is 551. The van der Waals surface area contributed by atoms with E-state index in [1.165, 1.54) is 6.92 Å². The van der Waals surface area contributed by atoms with Gasteiger partial charge in [0, 0.05) is 6.04 Å². The van der Waals surface area contributed by atoms with Crippen LogP contribution in [0.1, 0.15) is 45.4 Å². The molecule has 2 aliphatic carbocycles. The number of imide groups is 1. The first kappa shape index (κ1) is 15.8. The van der Waals surface area contributed by atoms with E-state index >= 15 is 0 Å². The topological polar surface area (TPSA) is 105 Å². The van der Waals surface area contributed by atoms with Gasteiger partial charge in [-0.15, -0.1) is 0 Å². The lowest BCUT2D eigenvalue weighted by Gasteiger charge is -2.20. The summed E-state index contributed by atoms with van der Waals surface area (Å²) in [5.41, 5.74) is -0.841. The third kappa shape index (κ3) is 3.16. The standard InChI is InChI=1S/C15H21N3O5/c1-9(12(20)16-10-4-5-10)23-11(19)8-18-13(21)15(17-14(18)22)6-2-3-7-15/h9-10H,2-8H2,1H3,(H,16,20)(H,17,22)/t9-/m0/s1. The van der Waals surface area contributed by atoms with E-state index in [9.17, 15) is 19.2 Å². The molecule has 2 saturated carbocycles. The van der Waals surface area contributed by atoms with Crippen molar-refractivity contribution in [2.75, 3.05) is 6.54 Å². The largest absolute Gasteiger partial charge is 0.451 e. The lowest BCUT2D eigenvalue weighted by molar-refractivity contribution is -0.156. The second-order valence-electron chi connectivity index (χ2n) is 6.53. The van der Waals surface area contributed by atoms with Gasteiger partial charge in [-0.3, -0.25) is 19.3 Å². The zero-order chi connectivity index (χ0) is 16.6. The number of hydrogen-bond acceptors (Lipinski definition) is 5. The van der Waals surface area contributed by atoms with Crippen LogP contribution >= 0.6 is 0 Å². The van der Waals surface area contributed by atoms with Crippen LogP contribution in [0.3, 0.4) is 0 Å². The maximum Gasteiger partial charge on any atom is 0.327 e. The molecule has 1 aliphatic heterocycles. The van der Waals surface area contributed by atoms with Gasteiger partial charge in [-0.05, 0) is 32.6 Å². The maximum absolute atomic E-state index is 12.4. The summed E-state index contributed by atoms with van der Waals surface area (Å²) in [4.78, 5) is 48.9. The van der Waals surface area contributed by atoms with Gasteiger partial charge in [-0.2, -0.15) is 0 Å². The number of rotatable bonds is 5. The molecule has 1 saturated heterocycles. The van der Waals surface area contributed by atoms with Gasteiger partial charge in [-0.1, -0.05) is 12.8 Å². The summed E-state index contributed by atoms with van der Waals surface area (Å²) in [6.07, 6.45) is 3.90. The van der Waals surface area contributed by atoms with Crippen LogP contribution in [-0.2, 0) is 19.1 Å². The Labute approximate surface area is 133 Å². The Hall–Kier alpha value is -2.12. The summed E-state index contributed by atoms with van der Waals surface area (Å²) < 4.78 is 5.03. The highest BCUT2D eigenvalue weighted by Crippen LogP contribution is 2.34. The van der Waals surface area contributed by atoms with Crippen LogP contribution in [0.5, 0.6) is 0 Å². The summed E-state index contributed by atoms with van der Waals surface area (Å²) >= 11 is 0. The SMILES string of the molecule is C[C@H](OC(=O)CN1C(=O)NC2(CCCC2)C1=O)C(=O)NC1CC1. The monoisotopic (exact) mass is 323 g/mol. The number of ether oxygens (including phenoxy) is 1. The average molecular weight is 323 g/mol. The minimum atomic E-state index is -0.940. The third-order valence-corrected chi connectivity index (χ3v) is 4.59. The lowest BCUT2D eigenvalue weighted by Crippen LogP contribution is -2.45. The smallest absolute Gasteiger partial charge is 0.327 e. The van der Waals surface area contributed by atoms with E-state index in [2.05, 4.69) is 10.6 Å². The van der Waals surface area contributed by atoms with Crippen molar-refractivity contribution in [3.63, 3.8) is 0 Å². The number of nitrogens with zero attached hydrogens (tertiary/aromatic N) is 1. The molecule has 4 amide bonds. The quantitative estimate of drug-likeness (QED) is 0.550. The van der Waals surface area contributed by atoms with Gasteiger partial charge in [-0.25, -0.2) is 4.79 Å². The van der Waals surface area contributed by atoms with Gasteiger partial charge in [0.15, 0.2) is 6.10 Å². The molecule has 0 radical (unpaired) electrons. The van der Waals surface area contributed by atoms with Crippen LogP contribution in [0.25, 0.3) is 0 Å². The van der Waals surface area contributed by atoms with Crippen LogP contribution in [0, 0.1) is 0 Å². The molecule has 0 aromatic heterocycles. The first-order valence-electron chi connectivity index (χ1n) is 8.05. The predicted molar refractivity (Wildman–Crippen MR) is 78.2 cm³/mol. The summed E-state index contributed by atoms with van der Waals surface area (Å²) in [5, 5.41) is 5.43. The molecular weight excluding hydrogens is 302 g/mol. The molecule has 0 unspecified atom stereocenters. The van der Waals surface area contributed by atoms with Crippen molar-refractivity contribution in [2.45, 2.75) is 63.1 Å². The molecule has 1 atom stereocenters. The van der Waals surface area contributed by atoms with Crippen molar-refractivity contribution in [1.82, 2.24) is 15.5 Å². The molecule has 1 spiro atoms. The van der Waals surface area contributed by atoms with Crippen molar-refractivity contribution in [3.05, 3.63) is 0 Å². The molecule has 3 aliphatic rings. The number of carbonyl (C=O) groups is 4. The van der Waals surface area contributed by atoms with Crippen LogP contribution in [-0.4, -0.2) is 52.9 Å². The fraction of sp³-hybridized carbons (Fsp3) is 0.733. The van der Waals surface area contributed by atoms with E-state index < -0.39 is 30.2 Å². The third-order valence-electron chi connectivity index (χ3n) is 4.59. The zero-order valence-electron chi connectivity index (χ0n) is 13.1. The second-order valence-corrected chi connectivity index (χ2v) is 6.53. The van der Waals surface area contributed by atoms with E-state index in [4.69, 9.17) is 4.74 Å². The van der Waals surface area contributed by atoms with E-state index in [1.54, 1.807) is 0 Å². The van der Waals surface area contributed by atoms with Gasteiger partial charge >= 0.3 is 12.0 Å². The molecule has 3 rings (SSSR count). The molecule has 23 heavy (non-hydrogen) atoms. The molecule has 126 valence electrons. The first-order valence-corrected chi connectivity index (χ1v) is 8.05. The van der Waals surface area contributed by atoms with Crippen molar-refractivity contribution in [2.24, 2.45) is 0 Å². The van der Waals surface area contributed by atoms with Gasteiger partial charge < -0.3 is 15.4 Å². The zero-order valence-corrected chi connectivity index (χ0v) is 13.1. The van der Waals surface area contributed by atoms with Crippen LogP contribution < -0.4 is 10.6 Å². The number of hydrogen-bond donors (Lipinski definition) is 2. The van der Waals surface area contributed by atoms with Gasteiger partial charge in [0.05, 0.1) is 0 Å². The van der Waals surface area contributed by atoms with E-state index in [-0.39, 0.29) is 17.9 Å². The molecule has 3 fully saturated rings. The average Bonchev–Trinajstić information content (AvgIpc) is 3.13. The van der Waals surface area contributed by atoms with Crippen LogP contribution in [0.15, 0.2) is 0 Å². The molecule has 2 N–H and O–H groups in total. The molecule has 8 nitrogen and oxygen atoms in total.